The Bertz CT molecular complexity index is 787. The van der Waals surface area contributed by atoms with Crippen LogP contribution in [0, 0.1) is 0 Å². The lowest BCUT2D eigenvalue weighted by Gasteiger charge is -1.99. The maximum absolute atomic E-state index is 8.99. The summed E-state index contributed by atoms with van der Waals surface area (Å²) in [6, 6.07) is 20.1. The van der Waals surface area contributed by atoms with E-state index < -0.39 is 0 Å². The lowest BCUT2D eigenvalue weighted by Crippen LogP contribution is -1.80. The third kappa shape index (κ3) is 8.40. The molecule has 6 nitrogen and oxygen atoms in total. The van der Waals surface area contributed by atoms with Gasteiger partial charge in [0.15, 0.2) is 11.5 Å². The summed E-state index contributed by atoms with van der Waals surface area (Å²) in [4.78, 5) is 0. The molecule has 144 valence electrons. The van der Waals surface area contributed by atoms with E-state index in [9.17, 15) is 0 Å². The smallest absolute Gasteiger partial charge is 0.160 e. The molecular formula is C21H24O6. The maximum atomic E-state index is 8.99. The SMILES string of the molecule is COc1ccc(O)cc1.COc1cccc(O)c1.COc1ccccc1O. The molecule has 6 heteroatoms. The van der Waals surface area contributed by atoms with Gasteiger partial charge in [-0.05, 0) is 48.5 Å². The van der Waals surface area contributed by atoms with Crippen LogP contribution < -0.4 is 14.2 Å². The van der Waals surface area contributed by atoms with Gasteiger partial charge in [0.25, 0.3) is 0 Å². The van der Waals surface area contributed by atoms with Crippen molar-refractivity contribution in [3.63, 3.8) is 0 Å². The summed E-state index contributed by atoms with van der Waals surface area (Å²) >= 11 is 0. The molecule has 0 radical (unpaired) electrons. The summed E-state index contributed by atoms with van der Waals surface area (Å²) in [5, 5.41) is 26.6. The van der Waals surface area contributed by atoms with E-state index in [1.165, 1.54) is 7.11 Å². The average Bonchev–Trinajstić information content (AvgIpc) is 2.70. The zero-order valence-electron chi connectivity index (χ0n) is 15.5. The fraction of sp³-hybridized carbons (Fsp3) is 0.143. The highest BCUT2D eigenvalue weighted by Gasteiger charge is 1.94. The van der Waals surface area contributed by atoms with E-state index in [4.69, 9.17) is 29.5 Å². The van der Waals surface area contributed by atoms with E-state index in [1.54, 1.807) is 87.0 Å². The van der Waals surface area contributed by atoms with Crippen molar-refractivity contribution in [2.45, 2.75) is 0 Å². The van der Waals surface area contributed by atoms with Gasteiger partial charge in [-0.25, -0.2) is 0 Å². The lowest BCUT2D eigenvalue weighted by molar-refractivity contribution is 0.373. The van der Waals surface area contributed by atoms with Gasteiger partial charge >= 0.3 is 0 Å². The first-order chi connectivity index (χ1) is 13.0. The molecule has 0 bridgehead atoms. The Morgan fingerprint density at radius 2 is 1.19 bits per heavy atom. The molecule has 3 rings (SSSR count). The molecule has 0 atom stereocenters. The molecule has 0 saturated heterocycles. The number of ether oxygens (including phenoxy) is 3. The molecule has 0 spiro atoms. The molecule has 3 aromatic carbocycles. The van der Waals surface area contributed by atoms with Crippen LogP contribution in [0.5, 0.6) is 34.5 Å². The summed E-state index contributed by atoms with van der Waals surface area (Å²) in [6.07, 6.45) is 0. The highest BCUT2D eigenvalue weighted by molar-refractivity contribution is 5.37. The number of rotatable bonds is 3. The van der Waals surface area contributed by atoms with Gasteiger partial charge in [0.2, 0.25) is 0 Å². The minimum atomic E-state index is 0.181. The summed E-state index contributed by atoms with van der Waals surface area (Å²) < 4.78 is 14.5. The van der Waals surface area contributed by atoms with Crippen LogP contribution in [0.4, 0.5) is 0 Å². The molecular weight excluding hydrogens is 348 g/mol. The Hall–Kier alpha value is -3.54. The molecule has 0 saturated carbocycles. The number of para-hydroxylation sites is 2. The fourth-order valence-electron chi connectivity index (χ4n) is 1.82. The third-order valence-corrected chi connectivity index (χ3v) is 3.21. The van der Waals surface area contributed by atoms with Crippen molar-refractivity contribution >= 4 is 0 Å². The van der Waals surface area contributed by atoms with Crippen LogP contribution in [0.25, 0.3) is 0 Å². The van der Waals surface area contributed by atoms with E-state index in [2.05, 4.69) is 0 Å². The molecule has 0 amide bonds. The molecule has 0 fully saturated rings. The summed E-state index contributed by atoms with van der Waals surface area (Å²) in [7, 11) is 4.68. The minimum Gasteiger partial charge on any atom is -0.508 e. The van der Waals surface area contributed by atoms with Crippen LogP contribution in [0.1, 0.15) is 0 Å². The van der Waals surface area contributed by atoms with Crippen molar-refractivity contribution in [1.82, 2.24) is 0 Å². The first-order valence-electron chi connectivity index (χ1n) is 7.98. The van der Waals surface area contributed by atoms with Crippen LogP contribution in [0.3, 0.4) is 0 Å². The molecule has 0 unspecified atom stereocenters. The van der Waals surface area contributed by atoms with Crippen LogP contribution in [-0.2, 0) is 0 Å². The van der Waals surface area contributed by atoms with Gasteiger partial charge in [0.1, 0.15) is 23.0 Å². The number of phenols is 3. The normalized spacial score (nSPS) is 9.00. The molecule has 3 aromatic rings. The molecule has 0 aromatic heterocycles. The van der Waals surface area contributed by atoms with E-state index in [1.807, 2.05) is 0 Å². The van der Waals surface area contributed by atoms with Gasteiger partial charge in [-0.3, -0.25) is 0 Å². The van der Waals surface area contributed by atoms with Crippen molar-refractivity contribution in [3.05, 3.63) is 72.8 Å². The van der Waals surface area contributed by atoms with Crippen LogP contribution in [-0.4, -0.2) is 36.6 Å². The number of benzene rings is 3. The number of hydrogen-bond acceptors (Lipinski definition) is 6. The number of methoxy groups -OCH3 is 3. The van der Waals surface area contributed by atoms with Crippen molar-refractivity contribution in [2.75, 3.05) is 21.3 Å². The zero-order chi connectivity index (χ0) is 20.1. The maximum Gasteiger partial charge on any atom is 0.160 e. The predicted molar refractivity (Wildman–Crippen MR) is 104 cm³/mol. The molecule has 0 aliphatic carbocycles. The second-order valence-corrected chi connectivity index (χ2v) is 5.07. The first-order valence-corrected chi connectivity index (χ1v) is 7.98. The Balaban J connectivity index is 0.000000202. The summed E-state index contributed by atoms with van der Waals surface area (Å²) in [6.45, 7) is 0. The van der Waals surface area contributed by atoms with Crippen molar-refractivity contribution in [2.24, 2.45) is 0 Å². The van der Waals surface area contributed by atoms with Gasteiger partial charge in [0, 0.05) is 6.07 Å². The van der Waals surface area contributed by atoms with Crippen LogP contribution in [0.2, 0.25) is 0 Å². The first kappa shape index (κ1) is 21.5. The topological polar surface area (TPSA) is 88.4 Å². The monoisotopic (exact) mass is 372 g/mol. The van der Waals surface area contributed by atoms with E-state index in [0.29, 0.717) is 11.5 Å². The van der Waals surface area contributed by atoms with Crippen molar-refractivity contribution in [3.8, 4) is 34.5 Å². The Morgan fingerprint density at radius 1 is 0.556 bits per heavy atom. The minimum absolute atomic E-state index is 0.181. The summed E-state index contributed by atoms with van der Waals surface area (Å²) in [5.41, 5.74) is 0. The molecule has 0 heterocycles. The molecule has 0 aliphatic heterocycles. The van der Waals surface area contributed by atoms with Gasteiger partial charge in [-0.15, -0.1) is 0 Å². The van der Waals surface area contributed by atoms with Gasteiger partial charge in [-0.2, -0.15) is 0 Å². The fourth-order valence-corrected chi connectivity index (χ4v) is 1.82. The van der Waals surface area contributed by atoms with E-state index >= 15 is 0 Å². The Kier molecular flexibility index (Phi) is 9.49. The number of aromatic hydroxyl groups is 3. The number of phenolic OH excluding ortho intramolecular Hbond substituents is 3. The second kappa shape index (κ2) is 11.9. The number of hydrogen-bond donors (Lipinski definition) is 3. The van der Waals surface area contributed by atoms with Gasteiger partial charge in [0.05, 0.1) is 21.3 Å². The quantitative estimate of drug-likeness (QED) is 0.638. The van der Waals surface area contributed by atoms with Crippen molar-refractivity contribution < 1.29 is 29.5 Å². The predicted octanol–water partition coefficient (Wildman–Crippen LogP) is 4.20. The second-order valence-electron chi connectivity index (χ2n) is 5.07. The lowest BCUT2D eigenvalue weighted by atomic mass is 10.3. The molecule has 3 N–H and O–H groups in total. The highest BCUT2D eigenvalue weighted by Crippen LogP contribution is 2.23. The standard InChI is InChI=1S/3C7H8O2/c1-9-7-4-2-6(8)3-5-7;1-9-7-4-2-3-6(8)5-7;1-9-7-5-3-2-4-6(7)8/h3*2-5,8H,1H3. The van der Waals surface area contributed by atoms with Crippen LogP contribution >= 0.6 is 0 Å². The van der Waals surface area contributed by atoms with Gasteiger partial charge in [-0.1, -0.05) is 18.2 Å². The third-order valence-electron chi connectivity index (χ3n) is 3.21. The summed E-state index contributed by atoms with van der Waals surface area (Å²) in [5.74, 6) is 2.62. The zero-order valence-corrected chi connectivity index (χ0v) is 15.5. The molecule has 0 aliphatic rings. The van der Waals surface area contributed by atoms with E-state index in [0.717, 1.165) is 5.75 Å². The Morgan fingerprint density at radius 3 is 1.63 bits per heavy atom. The van der Waals surface area contributed by atoms with E-state index in [-0.39, 0.29) is 17.2 Å². The average molecular weight is 372 g/mol. The largest absolute Gasteiger partial charge is 0.508 e. The van der Waals surface area contributed by atoms with Crippen LogP contribution in [0.15, 0.2) is 72.8 Å². The highest BCUT2D eigenvalue weighted by atomic mass is 16.5. The molecule has 27 heavy (non-hydrogen) atoms. The van der Waals surface area contributed by atoms with Crippen molar-refractivity contribution in [1.29, 1.82) is 0 Å². The van der Waals surface area contributed by atoms with Gasteiger partial charge < -0.3 is 29.5 Å². The Labute approximate surface area is 158 Å².